The summed E-state index contributed by atoms with van der Waals surface area (Å²) < 4.78 is 15.1. The average molecular weight is 452 g/mol. The molecule has 1 aromatic rings. The molecule has 0 aliphatic heterocycles. The lowest BCUT2D eigenvalue weighted by molar-refractivity contribution is 0.187. The Balaban J connectivity index is 3.01. The lowest BCUT2D eigenvalue weighted by Crippen LogP contribution is -2.60. The SMILES string of the molecule is CCO[Si](C)(CCCCN(Cc1ccccc1)[Si](C(C)C)(C(C)C)C(C)C)OCC. The predicted octanol–water partition coefficient (Wildman–Crippen LogP) is 7.59. The van der Waals surface area contributed by atoms with Crippen LogP contribution in [0, 0.1) is 0 Å². The molecule has 0 amide bonds. The molecule has 0 aliphatic rings. The van der Waals surface area contributed by atoms with Gasteiger partial charge in [-0.15, -0.1) is 0 Å². The Hall–Kier alpha value is -0.466. The van der Waals surface area contributed by atoms with Crippen LogP contribution in [-0.4, -0.2) is 41.1 Å². The fraction of sp³-hybridized carbons (Fsp3) is 0.760. The molecule has 0 spiro atoms. The topological polar surface area (TPSA) is 21.7 Å². The fourth-order valence-electron chi connectivity index (χ4n) is 5.85. The van der Waals surface area contributed by atoms with Gasteiger partial charge in [-0.3, -0.25) is 0 Å². The molecule has 0 aliphatic carbocycles. The average Bonchev–Trinajstić information content (AvgIpc) is 2.66. The van der Waals surface area contributed by atoms with Gasteiger partial charge in [0.1, 0.15) is 8.24 Å². The summed E-state index contributed by atoms with van der Waals surface area (Å²) in [6.07, 6.45) is 2.41. The molecule has 174 valence electrons. The number of hydrogen-bond donors (Lipinski definition) is 0. The van der Waals surface area contributed by atoms with E-state index in [1.807, 2.05) is 0 Å². The molecule has 0 aromatic heterocycles. The third kappa shape index (κ3) is 7.30. The molecule has 0 saturated carbocycles. The summed E-state index contributed by atoms with van der Waals surface area (Å²) in [5, 5.41) is 0. The van der Waals surface area contributed by atoms with Crippen LogP contribution in [0.3, 0.4) is 0 Å². The number of nitrogens with zero attached hydrogens (tertiary/aromatic N) is 1. The van der Waals surface area contributed by atoms with Crippen LogP contribution in [0.1, 0.15) is 73.8 Å². The lowest BCUT2D eigenvalue weighted by Gasteiger charge is -2.51. The zero-order chi connectivity index (χ0) is 22.8. The molecular formula is C25H49NO2Si2. The standard InChI is InChI=1S/C25H49NO2Si2/c1-10-27-29(9,28-11-2)20-16-15-19-26(21-25-17-13-12-14-18-25)30(22(3)4,23(5)6)24(7)8/h12-14,17-18,22-24H,10-11,15-16,19-21H2,1-9H3. The van der Waals surface area contributed by atoms with Gasteiger partial charge in [-0.25, -0.2) is 0 Å². The monoisotopic (exact) mass is 451 g/mol. The van der Waals surface area contributed by atoms with Gasteiger partial charge in [0, 0.05) is 19.8 Å². The van der Waals surface area contributed by atoms with Gasteiger partial charge in [-0.05, 0) is 61.6 Å². The first-order valence-corrected chi connectivity index (χ1v) is 16.9. The van der Waals surface area contributed by atoms with Gasteiger partial charge in [0.2, 0.25) is 0 Å². The molecule has 30 heavy (non-hydrogen) atoms. The normalized spacial score (nSPS) is 13.2. The summed E-state index contributed by atoms with van der Waals surface area (Å²) in [5.74, 6) is 0. The maximum Gasteiger partial charge on any atom is 0.334 e. The van der Waals surface area contributed by atoms with Crippen LogP contribution in [0.25, 0.3) is 0 Å². The maximum atomic E-state index is 6.07. The Morgan fingerprint density at radius 2 is 1.30 bits per heavy atom. The van der Waals surface area contributed by atoms with Crippen molar-refractivity contribution in [3.63, 3.8) is 0 Å². The third-order valence-corrected chi connectivity index (χ3v) is 16.8. The highest BCUT2D eigenvalue weighted by Gasteiger charge is 2.47. The van der Waals surface area contributed by atoms with E-state index in [2.05, 4.69) is 96.8 Å². The molecule has 0 bridgehead atoms. The summed E-state index contributed by atoms with van der Waals surface area (Å²) in [5.41, 5.74) is 3.63. The van der Waals surface area contributed by atoms with E-state index < -0.39 is 16.8 Å². The molecule has 1 aromatic carbocycles. The van der Waals surface area contributed by atoms with Crippen LogP contribution in [0.15, 0.2) is 30.3 Å². The van der Waals surface area contributed by atoms with E-state index >= 15 is 0 Å². The van der Waals surface area contributed by atoms with Crippen molar-refractivity contribution in [3.05, 3.63) is 35.9 Å². The number of unbranched alkanes of at least 4 members (excludes halogenated alkanes) is 1. The maximum absolute atomic E-state index is 6.07. The van der Waals surface area contributed by atoms with Gasteiger partial charge in [0.05, 0.1) is 0 Å². The largest absolute Gasteiger partial charge is 0.395 e. The van der Waals surface area contributed by atoms with Gasteiger partial charge >= 0.3 is 8.56 Å². The number of hydrogen-bond acceptors (Lipinski definition) is 3. The van der Waals surface area contributed by atoms with Crippen molar-refractivity contribution in [2.45, 2.75) is 104 Å². The summed E-state index contributed by atoms with van der Waals surface area (Å²) in [4.78, 5) is 0. The van der Waals surface area contributed by atoms with Crippen molar-refractivity contribution < 1.29 is 8.85 Å². The van der Waals surface area contributed by atoms with Crippen molar-refractivity contribution in [3.8, 4) is 0 Å². The molecule has 5 heteroatoms. The van der Waals surface area contributed by atoms with Gasteiger partial charge in [0.25, 0.3) is 0 Å². The van der Waals surface area contributed by atoms with Gasteiger partial charge in [0.15, 0.2) is 0 Å². The minimum atomic E-state index is -2.01. The van der Waals surface area contributed by atoms with E-state index in [0.717, 1.165) is 42.4 Å². The van der Waals surface area contributed by atoms with E-state index in [-0.39, 0.29) is 0 Å². The van der Waals surface area contributed by atoms with E-state index in [9.17, 15) is 0 Å². The highest BCUT2D eigenvalue weighted by atomic mass is 28.4. The molecular weight excluding hydrogens is 402 g/mol. The predicted molar refractivity (Wildman–Crippen MR) is 137 cm³/mol. The van der Waals surface area contributed by atoms with Crippen LogP contribution < -0.4 is 0 Å². The zero-order valence-corrected chi connectivity index (χ0v) is 23.3. The Bertz CT molecular complexity index is 550. The number of rotatable bonds is 15. The Morgan fingerprint density at radius 3 is 1.73 bits per heavy atom. The van der Waals surface area contributed by atoms with Crippen LogP contribution in [0.5, 0.6) is 0 Å². The van der Waals surface area contributed by atoms with Crippen LogP contribution >= 0.6 is 0 Å². The van der Waals surface area contributed by atoms with Crippen molar-refractivity contribution in [1.29, 1.82) is 0 Å². The molecule has 1 rings (SSSR count). The van der Waals surface area contributed by atoms with Crippen molar-refractivity contribution in [2.24, 2.45) is 0 Å². The molecule has 0 heterocycles. The molecule has 0 atom stereocenters. The van der Waals surface area contributed by atoms with Gasteiger partial charge in [-0.2, -0.15) is 0 Å². The second kappa shape index (κ2) is 13.2. The van der Waals surface area contributed by atoms with Gasteiger partial charge < -0.3 is 13.4 Å². The summed E-state index contributed by atoms with van der Waals surface area (Å²) >= 11 is 0. The second-order valence-electron chi connectivity index (χ2n) is 9.72. The quantitative estimate of drug-likeness (QED) is 0.202. The molecule has 0 radical (unpaired) electrons. The Kier molecular flexibility index (Phi) is 12.1. The summed E-state index contributed by atoms with van der Waals surface area (Å²) in [6, 6.07) is 12.2. The van der Waals surface area contributed by atoms with Crippen molar-refractivity contribution >= 4 is 16.8 Å². The van der Waals surface area contributed by atoms with E-state index in [1.54, 1.807) is 0 Å². The van der Waals surface area contributed by atoms with E-state index in [1.165, 1.54) is 24.9 Å². The molecule has 3 nitrogen and oxygen atoms in total. The van der Waals surface area contributed by atoms with Crippen molar-refractivity contribution in [1.82, 2.24) is 4.57 Å². The Morgan fingerprint density at radius 1 is 0.800 bits per heavy atom. The zero-order valence-electron chi connectivity index (χ0n) is 21.3. The highest BCUT2D eigenvalue weighted by Crippen LogP contribution is 2.44. The fourth-order valence-corrected chi connectivity index (χ4v) is 15.5. The first kappa shape index (κ1) is 27.6. The van der Waals surface area contributed by atoms with E-state index in [0.29, 0.717) is 0 Å². The van der Waals surface area contributed by atoms with Crippen molar-refractivity contribution in [2.75, 3.05) is 19.8 Å². The molecule has 0 saturated heterocycles. The van der Waals surface area contributed by atoms with Gasteiger partial charge in [-0.1, -0.05) is 78.3 Å². The minimum absolute atomic E-state index is 0.729. The Labute approximate surface area is 189 Å². The second-order valence-corrected chi connectivity index (χ2v) is 18.9. The molecule has 0 fully saturated rings. The van der Waals surface area contributed by atoms with Crippen LogP contribution in [0.4, 0.5) is 0 Å². The van der Waals surface area contributed by atoms with E-state index in [4.69, 9.17) is 8.85 Å². The third-order valence-electron chi connectivity index (χ3n) is 6.75. The smallest absolute Gasteiger partial charge is 0.334 e. The summed E-state index contributed by atoms with van der Waals surface area (Å²) in [6.45, 7) is 25.0. The minimum Gasteiger partial charge on any atom is -0.395 e. The highest BCUT2D eigenvalue weighted by molar-refractivity contribution is 6.80. The molecule has 0 N–H and O–H groups in total. The van der Waals surface area contributed by atoms with Crippen LogP contribution in [0.2, 0.25) is 29.2 Å². The number of benzene rings is 1. The summed E-state index contributed by atoms with van der Waals surface area (Å²) in [7, 11) is -3.70. The lowest BCUT2D eigenvalue weighted by atomic mass is 10.2. The molecule has 0 unspecified atom stereocenters. The first-order valence-electron chi connectivity index (χ1n) is 12.2. The first-order chi connectivity index (χ1) is 14.1. The van der Waals surface area contributed by atoms with Crippen LogP contribution in [-0.2, 0) is 15.4 Å².